The minimum atomic E-state index is -0.641. The van der Waals surface area contributed by atoms with Gasteiger partial charge in [0, 0.05) is 17.6 Å². The average Bonchev–Trinajstić information content (AvgIpc) is 3.21. The van der Waals surface area contributed by atoms with E-state index in [0.717, 1.165) is 0 Å². The molecule has 0 aliphatic heterocycles. The van der Waals surface area contributed by atoms with Crippen molar-refractivity contribution in [2.24, 2.45) is 0 Å². The van der Waals surface area contributed by atoms with Gasteiger partial charge in [-0.15, -0.1) is 11.3 Å². The van der Waals surface area contributed by atoms with Crippen LogP contribution in [0.1, 0.15) is 16.2 Å². The number of ether oxygens (including phenoxy) is 1. The molecule has 0 aromatic carbocycles. The van der Waals surface area contributed by atoms with Gasteiger partial charge < -0.3 is 14.5 Å². The Morgan fingerprint density at radius 3 is 3.09 bits per heavy atom. The number of amides is 1. The van der Waals surface area contributed by atoms with Crippen LogP contribution in [-0.4, -0.2) is 27.8 Å². The number of hydrogen-bond donors (Lipinski definition) is 1. The average molecular weight is 333 g/mol. The van der Waals surface area contributed by atoms with Gasteiger partial charge in [-0.1, -0.05) is 0 Å². The van der Waals surface area contributed by atoms with Gasteiger partial charge in [0.2, 0.25) is 0 Å². The predicted molar refractivity (Wildman–Crippen MR) is 80.2 cm³/mol. The maximum Gasteiger partial charge on any atom is 0.325 e. The minimum absolute atomic E-state index is 0.107. The highest BCUT2D eigenvalue weighted by atomic mass is 32.1. The molecular formula is C14H11N3O5S. The van der Waals surface area contributed by atoms with Crippen molar-refractivity contribution in [1.82, 2.24) is 14.7 Å². The van der Waals surface area contributed by atoms with E-state index < -0.39 is 11.9 Å². The number of carbonyl (C=O) groups is 2. The molecule has 0 fully saturated rings. The molecule has 0 spiro atoms. The van der Waals surface area contributed by atoms with Crippen LogP contribution in [0, 0.1) is 0 Å². The van der Waals surface area contributed by atoms with E-state index in [1.54, 1.807) is 17.6 Å². The fraction of sp³-hybridized carbons (Fsp3) is 0.143. The Kier molecular flexibility index (Phi) is 4.20. The maximum absolute atomic E-state index is 11.8. The van der Waals surface area contributed by atoms with E-state index in [1.165, 1.54) is 34.1 Å². The Balaban J connectivity index is 1.54. The third-order valence-corrected chi connectivity index (χ3v) is 3.63. The van der Waals surface area contributed by atoms with Crippen LogP contribution >= 0.6 is 11.3 Å². The molecular weight excluding hydrogens is 322 g/mol. The minimum Gasteiger partial charge on any atom is -0.459 e. The van der Waals surface area contributed by atoms with Gasteiger partial charge in [0.1, 0.15) is 13.2 Å². The first-order valence-corrected chi connectivity index (χ1v) is 7.44. The molecule has 0 radical (unpaired) electrons. The summed E-state index contributed by atoms with van der Waals surface area (Å²) in [4.78, 5) is 39.7. The number of nitrogens with zero attached hydrogens (tertiary/aromatic N) is 2. The Morgan fingerprint density at radius 2 is 2.30 bits per heavy atom. The van der Waals surface area contributed by atoms with E-state index in [-0.39, 0.29) is 24.5 Å². The summed E-state index contributed by atoms with van der Waals surface area (Å²) in [5, 5.41) is 4.11. The summed E-state index contributed by atoms with van der Waals surface area (Å²) in [6.07, 6.45) is 2.98. The van der Waals surface area contributed by atoms with Crippen LogP contribution < -0.4 is 10.9 Å². The highest BCUT2D eigenvalue weighted by molar-refractivity contribution is 7.15. The zero-order valence-electron chi connectivity index (χ0n) is 11.7. The van der Waals surface area contributed by atoms with Crippen LogP contribution in [0.5, 0.6) is 0 Å². The smallest absolute Gasteiger partial charge is 0.325 e. The molecule has 0 saturated heterocycles. The Hall–Kier alpha value is -2.94. The molecule has 3 aromatic heterocycles. The topological polar surface area (TPSA) is 103 Å². The molecule has 3 rings (SSSR count). The molecule has 8 nitrogen and oxygen atoms in total. The van der Waals surface area contributed by atoms with E-state index in [1.807, 2.05) is 0 Å². The van der Waals surface area contributed by atoms with E-state index in [2.05, 4.69) is 10.3 Å². The zero-order valence-corrected chi connectivity index (χ0v) is 12.5. The summed E-state index contributed by atoms with van der Waals surface area (Å²) in [5.41, 5.74) is 0.108. The number of thiazole rings is 1. The van der Waals surface area contributed by atoms with E-state index in [0.29, 0.717) is 10.7 Å². The Labute approximate surface area is 133 Å². The van der Waals surface area contributed by atoms with Crippen LogP contribution in [0.25, 0.3) is 4.96 Å². The standard InChI is InChI=1S/C14H11N3O5S/c18-11-6-9(16-14-17(11)3-5-23-14)8-22-12(19)7-15-13(20)10-2-1-4-21-10/h1-6H,7-8H2,(H,15,20). The molecule has 1 amide bonds. The lowest BCUT2D eigenvalue weighted by Gasteiger charge is -2.05. The molecule has 0 atom stereocenters. The second kappa shape index (κ2) is 6.44. The Morgan fingerprint density at radius 1 is 1.43 bits per heavy atom. The Bertz CT molecular complexity index is 897. The van der Waals surface area contributed by atoms with Gasteiger partial charge in [0.15, 0.2) is 10.7 Å². The summed E-state index contributed by atoms with van der Waals surface area (Å²) in [7, 11) is 0. The van der Waals surface area contributed by atoms with Crippen molar-refractivity contribution in [3.63, 3.8) is 0 Å². The summed E-state index contributed by atoms with van der Waals surface area (Å²) >= 11 is 1.31. The first-order valence-electron chi connectivity index (χ1n) is 6.56. The van der Waals surface area contributed by atoms with Crippen molar-refractivity contribution >= 4 is 28.2 Å². The van der Waals surface area contributed by atoms with Crippen LogP contribution in [0.4, 0.5) is 0 Å². The molecule has 0 unspecified atom stereocenters. The molecule has 9 heteroatoms. The lowest BCUT2D eigenvalue weighted by molar-refractivity contribution is -0.143. The van der Waals surface area contributed by atoms with Gasteiger partial charge in [0.25, 0.3) is 11.5 Å². The predicted octanol–water partition coefficient (Wildman–Crippen LogP) is 0.822. The van der Waals surface area contributed by atoms with Gasteiger partial charge >= 0.3 is 5.97 Å². The molecule has 3 heterocycles. The number of nitrogens with one attached hydrogen (secondary N) is 1. The zero-order chi connectivity index (χ0) is 16.2. The second-order valence-corrected chi connectivity index (χ2v) is 5.33. The third kappa shape index (κ3) is 3.46. The summed E-state index contributed by atoms with van der Waals surface area (Å²) < 4.78 is 11.3. The normalized spacial score (nSPS) is 10.6. The van der Waals surface area contributed by atoms with Crippen LogP contribution in [0.15, 0.2) is 45.3 Å². The van der Waals surface area contributed by atoms with Crippen molar-refractivity contribution in [2.45, 2.75) is 6.61 Å². The van der Waals surface area contributed by atoms with Gasteiger partial charge in [-0.05, 0) is 12.1 Å². The molecule has 1 N–H and O–H groups in total. The number of furan rings is 1. The van der Waals surface area contributed by atoms with Gasteiger partial charge in [0.05, 0.1) is 12.0 Å². The van der Waals surface area contributed by atoms with Crippen molar-refractivity contribution in [2.75, 3.05) is 6.54 Å². The first kappa shape index (κ1) is 15.0. The number of rotatable bonds is 5. The molecule has 118 valence electrons. The van der Waals surface area contributed by atoms with Crippen molar-refractivity contribution in [3.8, 4) is 0 Å². The van der Waals surface area contributed by atoms with Gasteiger partial charge in [-0.25, -0.2) is 4.98 Å². The van der Waals surface area contributed by atoms with Crippen LogP contribution in [0.3, 0.4) is 0 Å². The number of carbonyl (C=O) groups excluding carboxylic acids is 2. The quantitative estimate of drug-likeness (QED) is 0.694. The molecule has 0 aliphatic rings. The van der Waals surface area contributed by atoms with Gasteiger partial charge in [-0.2, -0.15) is 0 Å². The summed E-state index contributed by atoms with van der Waals surface area (Å²) in [6, 6.07) is 4.35. The van der Waals surface area contributed by atoms with Crippen molar-refractivity contribution in [3.05, 3.63) is 57.8 Å². The first-order chi connectivity index (χ1) is 11.1. The van der Waals surface area contributed by atoms with E-state index in [4.69, 9.17) is 9.15 Å². The molecule has 0 bridgehead atoms. The molecule has 0 aliphatic carbocycles. The fourth-order valence-electron chi connectivity index (χ4n) is 1.81. The number of hydrogen-bond acceptors (Lipinski definition) is 7. The SMILES string of the molecule is O=C(CNC(=O)c1ccco1)OCc1cc(=O)n2ccsc2n1. The van der Waals surface area contributed by atoms with E-state index in [9.17, 15) is 14.4 Å². The monoisotopic (exact) mass is 333 g/mol. The molecule has 3 aromatic rings. The lowest BCUT2D eigenvalue weighted by atomic mass is 10.4. The third-order valence-electron chi connectivity index (χ3n) is 2.88. The number of esters is 1. The fourth-order valence-corrected chi connectivity index (χ4v) is 2.55. The summed E-state index contributed by atoms with van der Waals surface area (Å²) in [5.74, 6) is -1.04. The van der Waals surface area contributed by atoms with Crippen molar-refractivity contribution in [1.29, 1.82) is 0 Å². The number of fused-ring (bicyclic) bond motifs is 1. The molecule has 23 heavy (non-hydrogen) atoms. The number of aromatic nitrogens is 2. The van der Waals surface area contributed by atoms with E-state index >= 15 is 0 Å². The lowest BCUT2D eigenvalue weighted by Crippen LogP contribution is -2.30. The van der Waals surface area contributed by atoms with Crippen LogP contribution in [0.2, 0.25) is 0 Å². The highest BCUT2D eigenvalue weighted by Crippen LogP contribution is 2.07. The largest absolute Gasteiger partial charge is 0.459 e. The second-order valence-electron chi connectivity index (χ2n) is 4.46. The molecule has 0 saturated carbocycles. The van der Waals surface area contributed by atoms with Gasteiger partial charge in [-0.3, -0.25) is 18.8 Å². The maximum atomic E-state index is 11.8. The van der Waals surface area contributed by atoms with Crippen LogP contribution in [-0.2, 0) is 16.1 Å². The van der Waals surface area contributed by atoms with Crippen molar-refractivity contribution < 1.29 is 18.7 Å². The summed E-state index contributed by atoms with van der Waals surface area (Å²) in [6.45, 7) is -0.446. The highest BCUT2D eigenvalue weighted by Gasteiger charge is 2.11.